The third-order valence-electron chi connectivity index (χ3n) is 14.2. The Hall–Kier alpha value is -10.8. The number of aliphatic hydroxyl groups is 1. The number of halogens is 1. The molecule has 10 aromatic carbocycles. The van der Waals surface area contributed by atoms with E-state index in [1.807, 2.05) is 166 Å². The molecule has 10 rings (SSSR count). The third-order valence-corrected chi connectivity index (χ3v) is 14.2. The van der Waals surface area contributed by atoms with Gasteiger partial charge in [0.05, 0.1) is 5.56 Å². The third kappa shape index (κ3) is 24.0. The van der Waals surface area contributed by atoms with Gasteiger partial charge in [-0.05, 0) is 96.0 Å². The number of methoxy groups -OCH3 is 2. The van der Waals surface area contributed by atoms with Crippen molar-refractivity contribution in [1.82, 2.24) is 20.0 Å². The van der Waals surface area contributed by atoms with E-state index in [1.54, 1.807) is 158 Å². The lowest BCUT2D eigenvalue weighted by Gasteiger charge is -2.17. The monoisotopic (exact) mass is 1310 g/mol. The smallest absolute Gasteiger partial charge is 0.335 e. The molecule has 3 amide bonds. The minimum atomic E-state index is -0.997. The van der Waals surface area contributed by atoms with Gasteiger partial charge in [-0.15, -0.1) is 12.4 Å². The van der Waals surface area contributed by atoms with Crippen LogP contribution in [0.3, 0.4) is 0 Å². The Balaban J connectivity index is 0.000000252. The summed E-state index contributed by atoms with van der Waals surface area (Å²) in [5.74, 6) is -1.25. The van der Waals surface area contributed by atoms with Gasteiger partial charge < -0.3 is 39.7 Å². The van der Waals surface area contributed by atoms with Crippen LogP contribution in [0.4, 0.5) is 0 Å². The van der Waals surface area contributed by atoms with Crippen molar-refractivity contribution in [3.63, 3.8) is 0 Å². The fourth-order valence-electron chi connectivity index (χ4n) is 9.19. The number of hydrogen-bond acceptors (Lipinski definition) is 11. The fraction of sp³-hybridized carbons (Fsp3) is 0.163. The second-order valence-electron chi connectivity index (χ2n) is 21.8. The first kappa shape index (κ1) is 77.7. The van der Waals surface area contributed by atoms with E-state index in [9.17, 15) is 38.7 Å². The topological polar surface area (TPSA) is 200 Å². The molecule has 10 aromatic rings. The van der Waals surface area contributed by atoms with Gasteiger partial charge in [-0.2, -0.15) is 0 Å². The van der Waals surface area contributed by atoms with Crippen LogP contribution in [0.2, 0.25) is 0 Å². The Bertz CT molecular complexity index is 3960. The average molecular weight is 1310 g/mol. The van der Waals surface area contributed by atoms with Gasteiger partial charge >= 0.3 is 5.97 Å². The lowest BCUT2D eigenvalue weighted by Crippen LogP contribution is -2.21. The molecule has 0 aromatic heterocycles. The molecule has 0 aliphatic carbocycles. The Kier molecular flexibility index (Phi) is 33.2. The second-order valence-corrected chi connectivity index (χ2v) is 21.8. The van der Waals surface area contributed by atoms with E-state index in [2.05, 4.69) is 5.32 Å². The number of aldehydes is 1. The largest absolute Gasteiger partial charge is 0.478 e. The molecule has 96 heavy (non-hydrogen) atoms. The van der Waals surface area contributed by atoms with E-state index in [4.69, 9.17) is 14.6 Å². The summed E-state index contributed by atoms with van der Waals surface area (Å²) in [6.07, 6.45) is -0.0185. The SMILES string of the molecule is CN(C)C(=O)c1ccc(C(=O)c2ccccc2)cc1.CN(C)C(=O)c1ccc(C(O)c2ccccc2)cc1.CNC.COC(c1ccccc1)c1ccc(C(=O)N(C)C)cc1.COC(c1ccccc1)c1ccc(C=O)cc1.Cl.O=C(O)c1ccc(C(=O)c2ccccc2)cc1. The highest BCUT2D eigenvalue weighted by Crippen LogP contribution is 2.27. The molecule has 0 saturated heterocycles. The summed E-state index contributed by atoms with van der Waals surface area (Å²) in [5, 5.41) is 21.7. The molecule has 3 N–H and O–H groups in total. The summed E-state index contributed by atoms with van der Waals surface area (Å²) in [6, 6.07) is 82.2. The number of ketones is 2. The van der Waals surface area contributed by atoms with E-state index < -0.39 is 12.1 Å². The highest BCUT2D eigenvalue weighted by Gasteiger charge is 2.18. The zero-order chi connectivity index (χ0) is 69.2. The number of nitrogens with one attached hydrogen (secondary N) is 1. The number of hydrogen-bond donors (Lipinski definition) is 3. The van der Waals surface area contributed by atoms with Gasteiger partial charge in [0.25, 0.3) is 17.7 Å². The molecule has 0 bridgehead atoms. The molecule has 0 spiro atoms. The summed E-state index contributed by atoms with van der Waals surface area (Å²) < 4.78 is 11.1. The van der Waals surface area contributed by atoms with Gasteiger partial charge in [0.15, 0.2) is 11.6 Å². The summed E-state index contributed by atoms with van der Waals surface area (Å²) in [4.78, 5) is 85.4. The first-order valence-corrected chi connectivity index (χ1v) is 30.3. The minimum Gasteiger partial charge on any atom is -0.478 e. The van der Waals surface area contributed by atoms with Crippen LogP contribution in [-0.4, -0.2) is 137 Å². The molecule has 3 unspecified atom stereocenters. The lowest BCUT2D eigenvalue weighted by molar-refractivity contribution is 0.0694. The maximum Gasteiger partial charge on any atom is 0.335 e. The maximum absolute atomic E-state index is 12.2. The van der Waals surface area contributed by atoms with Crippen LogP contribution in [0, 0.1) is 0 Å². The number of carboxylic acid groups (broad SMARTS) is 1. The second kappa shape index (κ2) is 41.0. The molecular formula is C80H83ClN4O11. The van der Waals surface area contributed by atoms with Crippen LogP contribution >= 0.6 is 12.4 Å². The highest BCUT2D eigenvalue weighted by molar-refractivity contribution is 6.10. The molecule has 16 heteroatoms. The van der Waals surface area contributed by atoms with Crippen molar-refractivity contribution in [2.45, 2.75) is 18.3 Å². The molecule has 0 saturated carbocycles. The Morgan fingerprint density at radius 2 is 0.562 bits per heavy atom. The van der Waals surface area contributed by atoms with E-state index in [0.29, 0.717) is 44.5 Å². The first-order valence-electron chi connectivity index (χ1n) is 30.3. The zero-order valence-corrected chi connectivity index (χ0v) is 56.4. The number of aliphatic hydroxyl groups excluding tert-OH is 1. The molecule has 0 aliphatic heterocycles. The molecule has 0 radical (unpaired) electrons. The Labute approximate surface area is 569 Å². The number of carbonyl (C=O) groups is 7. The van der Waals surface area contributed by atoms with E-state index in [1.165, 1.54) is 34.1 Å². The quantitative estimate of drug-likeness (QED) is 0.0576. The Morgan fingerprint density at radius 3 is 0.844 bits per heavy atom. The molecule has 496 valence electrons. The van der Waals surface area contributed by atoms with Crippen LogP contribution in [0.15, 0.2) is 273 Å². The number of ether oxygens (including phenoxy) is 2. The number of carboxylic acids is 1. The number of carbonyl (C=O) groups excluding carboxylic acids is 6. The van der Waals surface area contributed by atoms with Crippen LogP contribution in [-0.2, 0) is 9.47 Å². The van der Waals surface area contributed by atoms with E-state index >= 15 is 0 Å². The van der Waals surface area contributed by atoms with Gasteiger partial charge in [0.1, 0.15) is 24.6 Å². The number of benzene rings is 10. The summed E-state index contributed by atoms with van der Waals surface area (Å²) in [5.41, 5.74) is 11.0. The van der Waals surface area contributed by atoms with Gasteiger partial charge in [0.2, 0.25) is 0 Å². The van der Waals surface area contributed by atoms with Crippen molar-refractivity contribution in [1.29, 1.82) is 0 Å². The normalized spacial score (nSPS) is 10.9. The lowest BCUT2D eigenvalue weighted by atomic mass is 10.00. The van der Waals surface area contributed by atoms with Gasteiger partial charge in [0, 0.05) is 101 Å². The van der Waals surface area contributed by atoms with Crippen molar-refractivity contribution in [3.8, 4) is 0 Å². The zero-order valence-electron chi connectivity index (χ0n) is 55.6. The van der Waals surface area contributed by atoms with Crippen molar-refractivity contribution in [3.05, 3.63) is 356 Å². The van der Waals surface area contributed by atoms with Gasteiger partial charge in [-0.25, -0.2) is 4.79 Å². The van der Waals surface area contributed by atoms with Crippen molar-refractivity contribution in [2.75, 3.05) is 70.6 Å². The predicted octanol–water partition coefficient (Wildman–Crippen LogP) is 14.3. The summed E-state index contributed by atoms with van der Waals surface area (Å²) in [7, 11) is 17.5. The number of amides is 3. The Morgan fingerprint density at radius 1 is 0.344 bits per heavy atom. The molecule has 0 aliphatic rings. The van der Waals surface area contributed by atoms with Crippen molar-refractivity contribution < 1.29 is 53.2 Å². The fourth-order valence-corrected chi connectivity index (χ4v) is 9.19. The van der Waals surface area contributed by atoms with Crippen LogP contribution in [0.25, 0.3) is 0 Å². The number of rotatable bonds is 17. The van der Waals surface area contributed by atoms with E-state index in [0.717, 1.165) is 39.7 Å². The summed E-state index contributed by atoms with van der Waals surface area (Å²) >= 11 is 0. The molecule has 3 atom stereocenters. The number of nitrogens with zero attached hydrogens (tertiary/aromatic N) is 3. The average Bonchev–Trinajstić information content (AvgIpc) is 1.06. The molecule has 0 fully saturated rings. The highest BCUT2D eigenvalue weighted by atomic mass is 35.5. The van der Waals surface area contributed by atoms with Gasteiger partial charge in [-0.1, -0.05) is 224 Å². The van der Waals surface area contributed by atoms with Gasteiger partial charge in [-0.3, -0.25) is 28.8 Å². The standard InChI is InChI=1S/C17H19NO2.C16H17NO2.C16H15NO2.C15H14O2.C14H10O3.C2H7N.ClH/c1-18(2)17(19)15-11-9-14(10-12-15)16(20-3)13-7-5-4-6-8-13;2*1-17(2)16(19)14-10-8-13(9-11-14)15(18)12-6-4-3-5-7-12;1-17-15(13-5-3-2-4-6-13)14-9-7-12(11-16)8-10-14;15-13(10-4-2-1-3-5-10)11-6-8-12(9-7-11)14(16)17;1-3-2;/h4-12,16H,1-3H3;3-11,15,18H,1-2H3;3-11H,1-2H3;2-11,15H,1H3;1-9H,(H,16,17);3H,1-2H3;1H. The minimum absolute atomic E-state index is 0. The molecule has 0 heterocycles. The molecular weight excluding hydrogens is 1230 g/mol. The molecule has 15 nitrogen and oxygen atoms in total. The first-order chi connectivity index (χ1) is 45.8. The predicted molar refractivity (Wildman–Crippen MR) is 382 cm³/mol. The number of aromatic carboxylic acids is 1. The maximum atomic E-state index is 12.2. The van der Waals surface area contributed by atoms with E-state index in [-0.39, 0.29) is 59.5 Å². The summed E-state index contributed by atoms with van der Waals surface area (Å²) in [6.45, 7) is 0. The van der Waals surface area contributed by atoms with Crippen LogP contribution in [0.1, 0.15) is 135 Å². The van der Waals surface area contributed by atoms with Crippen molar-refractivity contribution >= 4 is 54.0 Å². The van der Waals surface area contributed by atoms with Crippen molar-refractivity contribution in [2.24, 2.45) is 0 Å². The van der Waals surface area contributed by atoms with Crippen LogP contribution < -0.4 is 5.32 Å². The van der Waals surface area contributed by atoms with Crippen LogP contribution in [0.5, 0.6) is 0 Å².